The minimum absolute atomic E-state index is 0.604. The van der Waals surface area contributed by atoms with Crippen LogP contribution in [0.4, 0.5) is 0 Å². The van der Waals surface area contributed by atoms with E-state index in [0.29, 0.717) is 17.3 Å². The van der Waals surface area contributed by atoms with Gasteiger partial charge in [-0.1, -0.05) is 38.5 Å². The van der Waals surface area contributed by atoms with E-state index < -0.39 is 0 Å². The Hall–Kier alpha value is -0.220. The maximum absolute atomic E-state index is 4.67. The predicted molar refractivity (Wildman–Crippen MR) is 92.7 cm³/mol. The molecule has 1 unspecified atom stereocenters. The fourth-order valence-corrected chi connectivity index (χ4v) is 4.30. The molecular formula is C16H33N3S. The number of amidine groups is 1. The van der Waals surface area contributed by atoms with Crippen LogP contribution in [0.15, 0.2) is 4.99 Å². The van der Waals surface area contributed by atoms with Crippen LogP contribution in [-0.4, -0.2) is 47.0 Å². The minimum atomic E-state index is 0.604. The number of hydrogen-bond donors (Lipinski definition) is 1. The number of nitrogens with one attached hydrogen (secondary N) is 1. The van der Waals surface area contributed by atoms with Gasteiger partial charge in [0.25, 0.3) is 0 Å². The summed E-state index contributed by atoms with van der Waals surface area (Å²) in [6, 6.07) is 1.21. The molecule has 1 heterocycles. The molecule has 118 valence electrons. The first kappa shape index (κ1) is 17.8. The molecule has 0 amide bonds. The third kappa shape index (κ3) is 5.28. The van der Waals surface area contributed by atoms with Crippen LogP contribution in [0.1, 0.15) is 54.4 Å². The molecule has 1 aliphatic heterocycles. The van der Waals surface area contributed by atoms with Crippen molar-refractivity contribution in [1.82, 2.24) is 10.2 Å². The van der Waals surface area contributed by atoms with E-state index in [0.717, 1.165) is 30.7 Å². The zero-order valence-electron chi connectivity index (χ0n) is 14.1. The van der Waals surface area contributed by atoms with E-state index in [9.17, 15) is 0 Å². The number of nitrogens with zero attached hydrogens (tertiary/aromatic N) is 2. The Kier molecular flexibility index (Phi) is 7.96. The quantitative estimate of drug-likeness (QED) is 0.742. The molecule has 0 radical (unpaired) electrons. The molecule has 0 saturated heterocycles. The van der Waals surface area contributed by atoms with Gasteiger partial charge in [-0.3, -0.25) is 9.89 Å². The summed E-state index contributed by atoms with van der Waals surface area (Å²) in [5, 5.41) is 5.38. The standard InChI is InChI=1S/C16H33N3S/c1-7-14(8-2)15-11-18-16(20-15)17-9-10-19(12(3)4)13(5)6/h12-15H,7-11H2,1-6H3,(H,17,18). The van der Waals surface area contributed by atoms with Gasteiger partial charge in [0.05, 0.1) is 6.54 Å². The predicted octanol–water partition coefficient (Wildman–Crippen LogP) is 3.60. The molecule has 0 spiro atoms. The number of thioether (sulfide) groups is 1. The van der Waals surface area contributed by atoms with Gasteiger partial charge in [-0.15, -0.1) is 0 Å². The summed E-state index contributed by atoms with van der Waals surface area (Å²) < 4.78 is 0. The third-order valence-corrected chi connectivity index (χ3v) is 5.56. The van der Waals surface area contributed by atoms with Crippen LogP contribution >= 0.6 is 11.8 Å². The first-order chi connectivity index (χ1) is 9.49. The molecule has 1 atom stereocenters. The second kappa shape index (κ2) is 8.93. The van der Waals surface area contributed by atoms with Gasteiger partial charge in [0.2, 0.25) is 0 Å². The van der Waals surface area contributed by atoms with E-state index in [4.69, 9.17) is 0 Å². The Morgan fingerprint density at radius 1 is 1.20 bits per heavy atom. The molecule has 4 heteroatoms. The summed E-state index contributed by atoms with van der Waals surface area (Å²) in [6.45, 7) is 16.7. The Bertz CT molecular complexity index is 290. The molecular weight excluding hydrogens is 266 g/mol. The van der Waals surface area contributed by atoms with Crippen molar-refractivity contribution in [3.05, 3.63) is 0 Å². The molecule has 0 aromatic rings. The van der Waals surface area contributed by atoms with E-state index in [1.807, 2.05) is 11.8 Å². The summed E-state index contributed by atoms with van der Waals surface area (Å²) in [5.74, 6) is 0.811. The van der Waals surface area contributed by atoms with Crippen molar-refractivity contribution in [1.29, 1.82) is 0 Å². The van der Waals surface area contributed by atoms with E-state index in [1.54, 1.807) is 0 Å². The van der Waals surface area contributed by atoms with Gasteiger partial charge in [-0.2, -0.15) is 0 Å². The summed E-state index contributed by atoms with van der Waals surface area (Å²) in [7, 11) is 0. The zero-order valence-corrected chi connectivity index (χ0v) is 15.0. The van der Waals surface area contributed by atoms with E-state index in [2.05, 4.69) is 56.8 Å². The maximum Gasteiger partial charge on any atom is 0.156 e. The normalized spacial score (nSPS) is 19.5. The van der Waals surface area contributed by atoms with Crippen LogP contribution in [0.25, 0.3) is 0 Å². The summed E-state index contributed by atoms with van der Waals surface area (Å²) in [6.07, 6.45) is 2.54. The van der Waals surface area contributed by atoms with E-state index >= 15 is 0 Å². The monoisotopic (exact) mass is 299 g/mol. The highest BCUT2D eigenvalue weighted by atomic mass is 32.2. The fraction of sp³-hybridized carbons (Fsp3) is 0.938. The topological polar surface area (TPSA) is 27.6 Å². The lowest BCUT2D eigenvalue weighted by atomic mass is 9.99. The van der Waals surface area contributed by atoms with Crippen molar-refractivity contribution in [3.63, 3.8) is 0 Å². The SMILES string of the molecule is CCC(CC)C1CN=C(NCCN(C(C)C)C(C)C)S1. The maximum atomic E-state index is 4.67. The van der Waals surface area contributed by atoms with Crippen molar-refractivity contribution in [3.8, 4) is 0 Å². The highest BCUT2D eigenvalue weighted by molar-refractivity contribution is 8.14. The van der Waals surface area contributed by atoms with Gasteiger partial charge in [0.15, 0.2) is 5.17 Å². The molecule has 1 N–H and O–H groups in total. The van der Waals surface area contributed by atoms with Crippen LogP contribution in [0, 0.1) is 5.92 Å². The van der Waals surface area contributed by atoms with Crippen molar-refractivity contribution in [2.75, 3.05) is 19.6 Å². The lowest BCUT2D eigenvalue weighted by Gasteiger charge is -2.30. The van der Waals surface area contributed by atoms with Crippen molar-refractivity contribution >= 4 is 16.9 Å². The van der Waals surface area contributed by atoms with Gasteiger partial charge < -0.3 is 5.32 Å². The van der Waals surface area contributed by atoms with E-state index in [-0.39, 0.29) is 0 Å². The van der Waals surface area contributed by atoms with Gasteiger partial charge in [0, 0.05) is 30.4 Å². The molecule has 0 saturated carbocycles. The van der Waals surface area contributed by atoms with Crippen LogP contribution in [0.2, 0.25) is 0 Å². The highest BCUT2D eigenvalue weighted by Crippen LogP contribution is 2.30. The van der Waals surface area contributed by atoms with Crippen molar-refractivity contribution in [2.45, 2.75) is 71.7 Å². The van der Waals surface area contributed by atoms with Crippen LogP contribution < -0.4 is 5.32 Å². The average molecular weight is 300 g/mol. The van der Waals surface area contributed by atoms with Gasteiger partial charge in [-0.05, 0) is 33.6 Å². The first-order valence-electron chi connectivity index (χ1n) is 8.20. The molecule has 1 rings (SSSR count). The Morgan fingerprint density at radius 3 is 2.30 bits per heavy atom. The molecule has 0 aromatic heterocycles. The highest BCUT2D eigenvalue weighted by Gasteiger charge is 2.25. The summed E-state index contributed by atoms with van der Waals surface area (Å²) in [4.78, 5) is 7.19. The molecule has 0 aromatic carbocycles. The molecule has 0 fully saturated rings. The molecule has 3 nitrogen and oxygen atoms in total. The lowest BCUT2D eigenvalue weighted by Crippen LogP contribution is -2.42. The van der Waals surface area contributed by atoms with Crippen molar-refractivity contribution in [2.24, 2.45) is 10.9 Å². The molecule has 20 heavy (non-hydrogen) atoms. The smallest absolute Gasteiger partial charge is 0.156 e. The van der Waals surface area contributed by atoms with Crippen LogP contribution in [0.5, 0.6) is 0 Å². The second-order valence-corrected chi connectivity index (χ2v) is 7.46. The lowest BCUT2D eigenvalue weighted by molar-refractivity contribution is 0.178. The molecule has 1 aliphatic rings. The number of aliphatic imine (C=N–C) groups is 1. The Labute approximate surface area is 130 Å². The Morgan fingerprint density at radius 2 is 1.80 bits per heavy atom. The van der Waals surface area contributed by atoms with Gasteiger partial charge >= 0.3 is 0 Å². The van der Waals surface area contributed by atoms with Gasteiger partial charge in [-0.25, -0.2) is 0 Å². The molecule has 0 aliphatic carbocycles. The zero-order chi connectivity index (χ0) is 15.1. The third-order valence-electron chi connectivity index (χ3n) is 4.23. The fourth-order valence-electron chi connectivity index (χ4n) is 2.95. The summed E-state index contributed by atoms with van der Waals surface area (Å²) >= 11 is 1.96. The summed E-state index contributed by atoms with van der Waals surface area (Å²) in [5.41, 5.74) is 0. The van der Waals surface area contributed by atoms with Crippen molar-refractivity contribution < 1.29 is 0 Å². The molecule has 0 bridgehead atoms. The number of hydrogen-bond acceptors (Lipinski definition) is 4. The van der Waals surface area contributed by atoms with Crippen LogP contribution in [0.3, 0.4) is 0 Å². The first-order valence-corrected chi connectivity index (χ1v) is 9.08. The van der Waals surface area contributed by atoms with E-state index in [1.165, 1.54) is 12.8 Å². The average Bonchev–Trinajstić information content (AvgIpc) is 2.84. The number of rotatable bonds is 8. The largest absolute Gasteiger partial charge is 0.364 e. The van der Waals surface area contributed by atoms with Gasteiger partial charge in [0.1, 0.15) is 0 Å². The Balaban J connectivity index is 2.30. The van der Waals surface area contributed by atoms with Crippen LogP contribution in [-0.2, 0) is 0 Å². The second-order valence-electron chi connectivity index (χ2n) is 6.23. The minimum Gasteiger partial charge on any atom is -0.364 e.